The average Bonchev–Trinajstić information content (AvgIpc) is 3.49. The maximum atomic E-state index is 14.0. The molecule has 5 aromatic rings. The number of nitrogens with one attached hydrogen (secondary N) is 2. The molecule has 37 heavy (non-hydrogen) atoms. The Bertz CT molecular complexity index is 1580. The van der Waals surface area contributed by atoms with E-state index in [4.69, 9.17) is 5.73 Å². The molecule has 13 heteroatoms. The number of alkyl halides is 3. The van der Waals surface area contributed by atoms with E-state index in [1.807, 2.05) is 17.0 Å². The summed E-state index contributed by atoms with van der Waals surface area (Å²) in [5.41, 5.74) is 7.84. The van der Waals surface area contributed by atoms with Gasteiger partial charge in [-0.3, -0.25) is 0 Å². The number of halogens is 4. The first kappa shape index (κ1) is 23.8. The van der Waals surface area contributed by atoms with Crippen molar-refractivity contribution in [2.75, 3.05) is 16.4 Å². The normalized spacial score (nSPS) is 11.6. The Labute approximate surface area is 206 Å². The number of amides is 2. The fourth-order valence-corrected chi connectivity index (χ4v) is 3.91. The number of aromatic nitrogens is 5. The zero-order valence-electron chi connectivity index (χ0n) is 18.9. The molecule has 0 unspecified atom stereocenters. The lowest BCUT2D eigenvalue weighted by Gasteiger charge is -2.12. The quantitative estimate of drug-likeness (QED) is 0.287. The van der Waals surface area contributed by atoms with Crippen molar-refractivity contribution in [3.8, 4) is 11.1 Å². The van der Waals surface area contributed by atoms with E-state index < -0.39 is 29.3 Å². The van der Waals surface area contributed by atoms with Crippen molar-refractivity contribution in [1.82, 2.24) is 24.1 Å². The molecule has 0 bridgehead atoms. The van der Waals surface area contributed by atoms with E-state index in [1.54, 1.807) is 41.3 Å². The SMILES string of the molecule is Nc1ncnn2cc(Cn3ccnc3)c(-c3ccc(NC(=O)Nc4cc(C(F)(F)F)ccc4F)cc3)c12. The Morgan fingerprint density at radius 1 is 1.08 bits per heavy atom. The van der Waals surface area contributed by atoms with E-state index in [0.29, 0.717) is 35.9 Å². The van der Waals surface area contributed by atoms with Gasteiger partial charge in [0.05, 0.1) is 24.1 Å². The number of fused-ring (bicyclic) bond motifs is 1. The summed E-state index contributed by atoms with van der Waals surface area (Å²) in [6, 6.07) is 7.54. The molecule has 9 nitrogen and oxygen atoms in total. The van der Waals surface area contributed by atoms with Gasteiger partial charge in [0, 0.05) is 35.4 Å². The number of imidazole rings is 1. The van der Waals surface area contributed by atoms with Crippen molar-refractivity contribution in [2.45, 2.75) is 12.7 Å². The number of hydrogen-bond donors (Lipinski definition) is 3. The second kappa shape index (κ2) is 9.26. The van der Waals surface area contributed by atoms with Gasteiger partial charge in [-0.2, -0.15) is 18.3 Å². The third-order valence-corrected chi connectivity index (χ3v) is 5.57. The van der Waals surface area contributed by atoms with Crippen molar-refractivity contribution >= 4 is 28.7 Å². The largest absolute Gasteiger partial charge is 0.416 e. The molecular formula is C24H18F4N8O. The standard InChI is InChI=1S/C24H18F4N8O/c25-18-6-3-16(24(26,27)28)9-19(18)34-23(37)33-17-4-1-14(2-5-17)20-15(10-35-8-7-30-13-35)11-36-21(20)22(29)31-12-32-36/h1-9,11-13H,10H2,(H2,29,31,32)(H2,33,34,37). The molecule has 2 amide bonds. The van der Waals surface area contributed by atoms with Crippen LogP contribution in [0.3, 0.4) is 0 Å². The van der Waals surface area contributed by atoms with Crippen LogP contribution in [0, 0.1) is 5.82 Å². The van der Waals surface area contributed by atoms with E-state index in [2.05, 4.69) is 25.7 Å². The Morgan fingerprint density at radius 3 is 2.57 bits per heavy atom. The summed E-state index contributed by atoms with van der Waals surface area (Å²) in [6.45, 7) is 0.489. The molecule has 0 aliphatic carbocycles. The van der Waals surface area contributed by atoms with Crippen LogP contribution in [0.4, 0.5) is 39.5 Å². The van der Waals surface area contributed by atoms with Gasteiger partial charge in [-0.25, -0.2) is 23.7 Å². The molecule has 188 valence electrons. The Hall–Kier alpha value is -4.94. The number of carbonyl (C=O) groups excluding carboxylic acids is 1. The van der Waals surface area contributed by atoms with Gasteiger partial charge in [0.2, 0.25) is 0 Å². The number of hydrogen-bond acceptors (Lipinski definition) is 5. The highest BCUT2D eigenvalue weighted by Gasteiger charge is 2.31. The molecule has 3 aromatic heterocycles. The van der Waals surface area contributed by atoms with E-state index in [-0.39, 0.29) is 5.82 Å². The molecule has 3 heterocycles. The lowest BCUT2D eigenvalue weighted by atomic mass is 10.0. The van der Waals surface area contributed by atoms with Crippen molar-refractivity contribution in [3.05, 3.63) is 90.7 Å². The number of rotatable bonds is 5. The van der Waals surface area contributed by atoms with Crippen LogP contribution >= 0.6 is 0 Å². The molecule has 2 aromatic carbocycles. The fourth-order valence-electron chi connectivity index (χ4n) is 3.91. The summed E-state index contributed by atoms with van der Waals surface area (Å²) < 4.78 is 56.2. The number of anilines is 3. The minimum Gasteiger partial charge on any atom is -0.382 e. The molecule has 0 aliphatic rings. The Kier molecular flexibility index (Phi) is 5.95. The zero-order chi connectivity index (χ0) is 26.2. The highest BCUT2D eigenvalue weighted by molar-refractivity contribution is 6.00. The van der Waals surface area contributed by atoms with Crippen LogP contribution in [0.1, 0.15) is 11.1 Å². The molecule has 0 aliphatic heterocycles. The first-order valence-corrected chi connectivity index (χ1v) is 10.8. The van der Waals surface area contributed by atoms with Gasteiger partial charge < -0.3 is 20.9 Å². The van der Waals surface area contributed by atoms with E-state index in [0.717, 1.165) is 16.7 Å². The topological polar surface area (TPSA) is 115 Å². The van der Waals surface area contributed by atoms with Gasteiger partial charge in [-0.15, -0.1) is 0 Å². The van der Waals surface area contributed by atoms with Gasteiger partial charge in [-0.05, 0) is 35.9 Å². The number of benzene rings is 2. The van der Waals surface area contributed by atoms with Gasteiger partial charge in [0.1, 0.15) is 17.7 Å². The van der Waals surface area contributed by atoms with Crippen LogP contribution in [0.2, 0.25) is 0 Å². The number of nitrogens with two attached hydrogens (primary N) is 1. The average molecular weight is 510 g/mol. The van der Waals surface area contributed by atoms with Crippen LogP contribution in [0.25, 0.3) is 16.6 Å². The molecular weight excluding hydrogens is 492 g/mol. The lowest BCUT2D eigenvalue weighted by Crippen LogP contribution is -2.20. The number of urea groups is 1. The molecule has 0 saturated carbocycles. The Morgan fingerprint density at radius 2 is 1.86 bits per heavy atom. The third kappa shape index (κ3) is 4.91. The summed E-state index contributed by atoms with van der Waals surface area (Å²) in [5, 5.41) is 8.83. The van der Waals surface area contributed by atoms with E-state index in [1.165, 1.54) is 6.33 Å². The van der Waals surface area contributed by atoms with Gasteiger partial charge in [-0.1, -0.05) is 12.1 Å². The van der Waals surface area contributed by atoms with Crippen molar-refractivity contribution < 1.29 is 22.4 Å². The minimum atomic E-state index is -4.68. The first-order chi connectivity index (χ1) is 17.7. The van der Waals surface area contributed by atoms with Crippen LogP contribution < -0.4 is 16.4 Å². The first-order valence-electron chi connectivity index (χ1n) is 10.8. The second-order valence-electron chi connectivity index (χ2n) is 8.05. The minimum absolute atomic E-state index is 0.284. The maximum absolute atomic E-state index is 14.0. The molecule has 0 radical (unpaired) electrons. The Balaban J connectivity index is 1.39. The summed E-state index contributed by atoms with van der Waals surface area (Å²) in [5.74, 6) is -0.712. The van der Waals surface area contributed by atoms with Crippen LogP contribution in [0.5, 0.6) is 0 Å². The zero-order valence-corrected chi connectivity index (χ0v) is 18.9. The fraction of sp³-hybridized carbons (Fsp3) is 0.0833. The van der Waals surface area contributed by atoms with Crippen molar-refractivity contribution in [3.63, 3.8) is 0 Å². The predicted octanol–water partition coefficient (Wildman–Crippen LogP) is 5.03. The van der Waals surface area contributed by atoms with E-state index in [9.17, 15) is 22.4 Å². The van der Waals surface area contributed by atoms with Gasteiger partial charge >= 0.3 is 12.2 Å². The van der Waals surface area contributed by atoms with Crippen molar-refractivity contribution in [1.29, 1.82) is 0 Å². The smallest absolute Gasteiger partial charge is 0.382 e. The monoisotopic (exact) mass is 510 g/mol. The predicted molar refractivity (Wildman–Crippen MR) is 128 cm³/mol. The highest BCUT2D eigenvalue weighted by atomic mass is 19.4. The molecule has 4 N–H and O–H groups in total. The van der Waals surface area contributed by atoms with E-state index >= 15 is 0 Å². The second-order valence-corrected chi connectivity index (χ2v) is 8.05. The third-order valence-electron chi connectivity index (χ3n) is 5.57. The summed E-state index contributed by atoms with van der Waals surface area (Å²) in [7, 11) is 0. The summed E-state index contributed by atoms with van der Waals surface area (Å²) in [4.78, 5) is 20.5. The molecule has 0 saturated heterocycles. The van der Waals surface area contributed by atoms with Gasteiger partial charge in [0.25, 0.3) is 0 Å². The van der Waals surface area contributed by atoms with Crippen LogP contribution in [0.15, 0.2) is 73.7 Å². The summed E-state index contributed by atoms with van der Waals surface area (Å²) >= 11 is 0. The maximum Gasteiger partial charge on any atom is 0.416 e. The highest BCUT2D eigenvalue weighted by Crippen LogP contribution is 2.34. The molecule has 0 atom stereocenters. The van der Waals surface area contributed by atoms with Crippen LogP contribution in [-0.4, -0.2) is 30.2 Å². The van der Waals surface area contributed by atoms with Crippen LogP contribution in [-0.2, 0) is 12.7 Å². The molecule has 5 rings (SSSR count). The lowest BCUT2D eigenvalue weighted by molar-refractivity contribution is -0.137. The molecule has 0 spiro atoms. The number of nitrogen functional groups attached to an aromatic ring is 1. The van der Waals surface area contributed by atoms with Crippen molar-refractivity contribution in [2.24, 2.45) is 0 Å². The summed E-state index contributed by atoms with van der Waals surface area (Å²) in [6.07, 6.45) is 3.68. The van der Waals surface area contributed by atoms with Gasteiger partial charge in [0.15, 0.2) is 5.82 Å². The number of nitrogens with zero attached hydrogens (tertiary/aromatic N) is 5. The molecule has 0 fully saturated rings. The number of carbonyl (C=O) groups is 1.